The molecule has 2 atom stereocenters. The minimum atomic E-state index is 0.682. The first-order chi connectivity index (χ1) is 7.13. The van der Waals surface area contributed by atoms with E-state index in [0.717, 1.165) is 18.4 Å². The van der Waals surface area contributed by atoms with Crippen LogP contribution in [0.15, 0.2) is 0 Å². The molecule has 0 spiro atoms. The molecule has 0 amide bonds. The second kappa shape index (κ2) is 9.21. The van der Waals surface area contributed by atoms with Gasteiger partial charge in [0.15, 0.2) is 0 Å². The lowest BCUT2D eigenvalue weighted by Crippen LogP contribution is -2.36. The molecule has 0 aliphatic carbocycles. The summed E-state index contributed by atoms with van der Waals surface area (Å²) in [4.78, 5) is 0. The molecule has 0 heterocycles. The van der Waals surface area contributed by atoms with Gasteiger partial charge in [0.25, 0.3) is 0 Å². The smallest absolute Gasteiger partial charge is 0.00694 e. The molecule has 0 aromatic heterocycles. The molecular weight excluding hydrogens is 182 g/mol. The van der Waals surface area contributed by atoms with Crippen molar-refractivity contribution in [1.82, 2.24) is 5.32 Å². The van der Waals surface area contributed by atoms with Crippen molar-refractivity contribution in [3.8, 4) is 0 Å². The third-order valence-electron chi connectivity index (χ3n) is 3.36. The van der Waals surface area contributed by atoms with E-state index >= 15 is 0 Å². The molecule has 0 aromatic carbocycles. The van der Waals surface area contributed by atoms with Crippen LogP contribution in [0.3, 0.4) is 0 Å². The van der Waals surface area contributed by atoms with E-state index in [2.05, 4.69) is 39.9 Å². The SMILES string of the molecule is CCCCCC(C(C)C)C(C)NCCC. The van der Waals surface area contributed by atoms with Gasteiger partial charge in [0, 0.05) is 6.04 Å². The summed E-state index contributed by atoms with van der Waals surface area (Å²) in [6.07, 6.45) is 6.76. The van der Waals surface area contributed by atoms with Crippen molar-refractivity contribution in [2.24, 2.45) is 11.8 Å². The van der Waals surface area contributed by atoms with E-state index < -0.39 is 0 Å². The van der Waals surface area contributed by atoms with E-state index in [0.29, 0.717) is 6.04 Å². The molecule has 0 bridgehead atoms. The first-order valence-electron chi connectivity index (χ1n) is 6.86. The molecule has 0 saturated carbocycles. The van der Waals surface area contributed by atoms with Crippen LogP contribution in [0, 0.1) is 11.8 Å². The average molecular weight is 213 g/mol. The molecule has 0 radical (unpaired) electrons. The third kappa shape index (κ3) is 6.94. The summed E-state index contributed by atoms with van der Waals surface area (Å²) < 4.78 is 0. The van der Waals surface area contributed by atoms with Crippen LogP contribution in [-0.2, 0) is 0 Å². The van der Waals surface area contributed by atoms with Crippen molar-refractivity contribution in [2.75, 3.05) is 6.54 Å². The van der Waals surface area contributed by atoms with E-state index in [-0.39, 0.29) is 0 Å². The number of hydrogen-bond donors (Lipinski definition) is 1. The quantitative estimate of drug-likeness (QED) is 0.565. The zero-order chi connectivity index (χ0) is 11.7. The standard InChI is InChI=1S/C14H31N/c1-6-8-9-10-14(12(3)4)13(5)15-11-7-2/h12-15H,6-11H2,1-5H3. The molecular formula is C14H31N. The second-order valence-electron chi connectivity index (χ2n) is 5.15. The molecule has 0 aliphatic heterocycles. The maximum Gasteiger partial charge on any atom is 0.00694 e. The number of hydrogen-bond acceptors (Lipinski definition) is 1. The fourth-order valence-electron chi connectivity index (χ4n) is 2.31. The normalized spacial score (nSPS) is 15.6. The minimum absolute atomic E-state index is 0.682. The molecule has 2 unspecified atom stereocenters. The van der Waals surface area contributed by atoms with Crippen LogP contribution in [0.25, 0.3) is 0 Å². The van der Waals surface area contributed by atoms with Gasteiger partial charge >= 0.3 is 0 Å². The Morgan fingerprint density at radius 3 is 2.07 bits per heavy atom. The van der Waals surface area contributed by atoms with Gasteiger partial charge in [-0.3, -0.25) is 0 Å². The van der Waals surface area contributed by atoms with Crippen LogP contribution in [0.2, 0.25) is 0 Å². The fourth-order valence-corrected chi connectivity index (χ4v) is 2.31. The van der Waals surface area contributed by atoms with Crippen molar-refractivity contribution in [3.05, 3.63) is 0 Å². The Balaban J connectivity index is 3.89. The molecule has 0 saturated heterocycles. The van der Waals surface area contributed by atoms with Crippen molar-refractivity contribution in [1.29, 1.82) is 0 Å². The highest BCUT2D eigenvalue weighted by molar-refractivity contribution is 4.74. The Hall–Kier alpha value is -0.0400. The summed E-state index contributed by atoms with van der Waals surface area (Å²) in [5, 5.41) is 3.64. The van der Waals surface area contributed by atoms with Gasteiger partial charge in [-0.25, -0.2) is 0 Å². The Kier molecular flexibility index (Phi) is 9.18. The summed E-state index contributed by atoms with van der Waals surface area (Å²) in [5.74, 6) is 1.66. The summed E-state index contributed by atoms with van der Waals surface area (Å²) >= 11 is 0. The monoisotopic (exact) mass is 213 g/mol. The molecule has 92 valence electrons. The Morgan fingerprint density at radius 1 is 0.933 bits per heavy atom. The topological polar surface area (TPSA) is 12.0 Å². The van der Waals surface area contributed by atoms with Gasteiger partial charge in [-0.15, -0.1) is 0 Å². The van der Waals surface area contributed by atoms with E-state index in [1.807, 2.05) is 0 Å². The van der Waals surface area contributed by atoms with Gasteiger partial charge in [-0.1, -0.05) is 47.0 Å². The fraction of sp³-hybridized carbons (Fsp3) is 1.00. The average Bonchev–Trinajstić information content (AvgIpc) is 2.20. The molecule has 15 heavy (non-hydrogen) atoms. The predicted molar refractivity (Wildman–Crippen MR) is 70.2 cm³/mol. The van der Waals surface area contributed by atoms with Crippen molar-refractivity contribution in [2.45, 2.75) is 72.8 Å². The van der Waals surface area contributed by atoms with Gasteiger partial charge < -0.3 is 5.32 Å². The zero-order valence-corrected chi connectivity index (χ0v) is 11.5. The van der Waals surface area contributed by atoms with Gasteiger partial charge in [0.1, 0.15) is 0 Å². The predicted octanol–water partition coefficient (Wildman–Crippen LogP) is 4.23. The first kappa shape index (κ1) is 15.0. The van der Waals surface area contributed by atoms with Crippen molar-refractivity contribution >= 4 is 0 Å². The highest BCUT2D eigenvalue weighted by Crippen LogP contribution is 2.22. The zero-order valence-electron chi connectivity index (χ0n) is 11.5. The lowest BCUT2D eigenvalue weighted by atomic mass is 9.85. The van der Waals surface area contributed by atoms with Crippen LogP contribution in [0.1, 0.15) is 66.7 Å². The molecule has 0 aliphatic rings. The highest BCUT2D eigenvalue weighted by Gasteiger charge is 2.19. The Bertz CT molecular complexity index is 131. The van der Waals surface area contributed by atoms with Gasteiger partial charge in [-0.2, -0.15) is 0 Å². The Labute approximate surface area is 97.0 Å². The molecule has 1 N–H and O–H groups in total. The third-order valence-corrected chi connectivity index (χ3v) is 3.36. The number of rotatable bonds is 9. The van der Waals surface area contributed by atoms with Crippen LogP contribution in [-0.4, -0.2) is 12.6 Å². The Morgan fingerprint density at radius 2 is 1.60 bits per heavy atom. The highest BCUT2D eigenvalue weighted by atomic mass is 14.9. The van der Waals surface area contributed by atoms with E-state index in [1.54, 1.807) is 0 Å². The van der Waals surface area contributed by atoms with E-state index in [1.165, 1.54) is 32.1 Å². The van der Waals surface area contributed by atoms with E-state index in [9.17, 15) is 0 Å². The molecule has 1 nitrogen and oxygen atoms in total. The lowest BCUT2D eigenvalue weighted by Gasteiger charge is -2.28. The van der Waals surface area contributed by atoms with Crippen molar-refractivity contribution < 1.29 is 0 Å². The van der Waals surface area contributed by atoms with Gasteiger partial charge in [-0.05, 0) is 38.1 Å². The largest absolute Gasteiger partial charge is 0.314 e. The lowest BCUT2D eigenvalue weighted by molar-refractivity contribution is 0.266. The number of nitrogens with one attached hydrogen (secondary N) is 1. The molecule has 1 heteroatoms. The number of unbranched alkanes of at least 4 members (excludes halogenated alkanes) is 2. The molecule has 0 rings (SSSR count). The summed E-state index contributed by atoms with van der Waals surface area (Å²) in [7, 11) is 0. The maximum absolute atomic E-state index is 3.64. The van der Waals surface area contributed by atoms with Crippen LogP contribution >= 0.6 is 0 Å². The second-order valence-corrected chi connectivity index (χ2v) is 5.15. The van der Waals surface area contributed by atoms with Gasteiger partial charge in [0.2, 0.25) is 0 Å². The summed E-state index contributed by atoms with van der Waals surface area (Å²) in [5.41, 5.74) is 0. The minimum Gasteiger partial charge on any atom is -0.314 e. The van der Waals surface area contributed by atoms with E-state index in [4.69, 9.17) is 0 Å². The van der Waals surface area contributed by atoms with Crippen molar-refractivity contribution in [3.63, 3.8) is 0 Å². The molecule has 0 aromatic rings. The summed E-state index contributed by atoms with van der Waals surface area (Å²) in [6, 6.07) is 0.682. The summed E-state index contributed by atoms with van der Waals surface area (Å²) in [6.45, 7) is 12.8. The first-order valence-corrected chi connectivity index (χ1v) is 6.86. The maximum atomic E-state index is 3.64. The van der Waals surface area contributed by atoms with Gasteiger partial charge in [0.05, 0.1) is 0 Å². The van der Waals surface area contributed by atoms with Crippen LogP contribution in [0.5, 0.6) is 0 Å². The van der Waals surface area contributed by atoms with Crippen LogP contribution in [0.4, 0.5) is 0 Å². The van der Waals surface area contributed by atoms with Crippen LogP contribution < -0.4 is 5.32 Å². The molecule has 0 fully saturated rings.